The van der Waals surface area contributed by atoms with Gasteiger partial charge in [-0.1, -0.05) is 6.07 Å². The van der Waals surface area contributed by atoms with E-state index >= 15 is 0 Å². The van der Waals surface area contributed by atoms with E-state index < -0.39 is 0 Å². The van der Waals surface area contributed by atoms with Gasteiger partial charge in [-0.15, -0.1) is 0 Å². The van der Waals surface area contributed by atoms with Crippen molar-refractivity contribution in [2.75, 3.05) is 18.0 Å². The fraction of sp³-hybridized carbons (Fsp3) is 0.286. The number of anilines is 1. The average Bonchev–Trinajstić information content (AvgIpc) is 2.91. The zero-order chi connectivity index (χ0) is 18.0. The normalized spacial score (nSPS) is 11.5. The molecule has 0 amide bonds. The van der Waals surface area contributed by atoms with E-state index in [2.05, 4.69) is 59.5 Å². The summed E-state index contributed by atoms with van der Waals surface area (Å²) in [6, 6.07) is 12.2. The summed E-state index contributed by atoms with van der Waals surface area (Å²) < 4.78 is 2.13. The monoisotopic (exact) mass is 336 g/mol. The van der Waals surface area contributed by atoms with Gasteiger partial charge in [-0.25, -0.2) is 9.55 Å². The summed E-state index contributed by atoms with van der Waals surface area (Å²) in [5, 5.41) is 10.4. The average molecular weight is 336 g/mol. The number of hydrogen-bond donors (Lipinski definition) is 2. The van der Waals surface area contributed by atoms with Gasteiger partial charge in [0.25, 0.3) is 5.82 Å². The fourth-order valence-corrected chi connectivity index (χ4v) is 3.16. The van der Waals surface area contributed by atoms with Crippen LogP contribution in [0.25, 0.3) is 23.2 Å². The molecule has 0 aliphatic carbocycles. The summed E-state index contributed by atoms with van der Waals surface area (Å²) in [5.74, 6) is 1.29. The Hall–Kier alpha value is -2.75. The summed E-state index contributed by atoms with van der Waals surface area (Å²) >= 11 is 0. The lowest BCUT2D eigenvalue weighted by Gasteiger charge is -2.21. The zero-order valence-corrected chi connectivity index (χ0v) is 15.4. The molecule has 2 aromatic carbocycles. The lowest BCUT2D eigenvalue weighted by Crippen LogP contribution is -2.29. The number of aromatic nitrogens is 2. The molecule has 3 rings (SSSR count). The molecule has 0 saturated heterocycles. The largest absolute Gasteiger partial charge is 0.507 e. The van der Waals surface area contributed by atoms with Gasteiger partial charge in [0.2, 0.25) is 0 Å². The van der Waals surface area contributed by atoms with Crippen molar-refractivity contribution in [2.24, 2.45) is 7.05 Å². The Bertz CT molecular complexity index is 920. The molecule has 25 heavy (non-hydrogen) atoms. The van der Waals surface area contributed by atoms with E-state index in [4.69, 9.17) is 0 Å². The second-order valence-corrected chi connectivity index (χ2v) is 6.34. The number of nitrogens with one attached hydrogen (secondary N) is 1. The molecule has 0 bridgehead atoms. The fourth-order valence-electron chi connectivity index (χ4n) is 3.16. The highest BCUT2D eigenvalue weighted by atomic mass is 16.3. The third-order valence-electron chi connectivity index (χ3n) is 4.70. The van der Waals surface area contributed by atoms with Crippen LogP contribution in [0, 0.1) is 6.92 Å². The highest BCUT2D eigenvalue weighted by Crippen LogP contribution is 2.26. The molecular weight excluding hydrogens is 310 g/mol. The Morgan fingerprint density at radius 2 is 1.84 bits per heavy atom. The standard InChI is InChI=1S/C21H25N3O/c1-5-24(6-2)17-10-8-16(20(25)14-17)9-12-21-22-18-11-7-15(3)13-19(18)23(21)4/h7-14H,5-6H2,1-4H3,(H,22,25)/p+1. The summed E-state index contributed by atoms with van der Waals surface area (Å²) in [6.45, 7) is 8.18. The SMILES string of the molecule is CCN(CC)c1ccc(/C=C/c2[nH]c3ccc(C)cc3[n+]2C)c(O)c1. The van der Waals surface area contributed by atoms with Gasteiger partial charge in [0, 0.05) is 36.5 Å². The second kappa shape index (κ2) is 7.01. The number of aromatic amines is 1. The summed E-state index contributed by atoms with van der Waals surface area (Å²) in [7, 11) is 2.04. The van der Waals surface area contributed by atoms with Gasteiger partial charge in [-0.3, -0.25) is 0 Å². The predicted molar refractivity (Wildman–Crippen MR) is 105 cm³/mol. The van der Waals surface area contributed by atoms with E-state index in [-0.39, 0.29) is 0 Å². The van der Waals surface area contributed by atoms with Crippen LogP contribution in [0.3, 0.4) is 0 Å². The van der Waals surface area contributed by atoms with Gasteiger partial charge in [0.15, 0.2) is 11.0 Å². The predicted octanol–water partition coefficient (Wildman–Crippen LogP) is 4.02. The van der Waals surface area contributed by atoms with Gasteiger partial charge >= 0.3 is 0 Å². The van der Waals surface area contributed by atoms with Crippen LogP contribution in [0.2, 0.25) is 0 Å². The van der Waals surface area contributed by atoms with E-state index in [1.54, 1.807) is 0 Å². The first-order valence-corrected chi connectivity index (χ1v) is 8.78. The van der Waals surface area contributed by atoms with Crippen molar-refractivity contribution >= 4 is 28.9 Å². The van der Waals surface area contributed by atoms with Gasteiger partial charge in [0.05, 0.1) is 7.05 Å². The molecule has 0 spiro atoms. The Morgan fingerprint density at radius 1 is 1.08 bits per heavy atom. The van der Waals surface area contributed by atoms with Crippen molar-refractivity contribution in [1.29, 1.82) is 0 Å². The molecule has 4 heteroatoms. The van der Waals surface area contributed by atoms with Crippen molar-refractivity contribution in [3.8, 4) is 5.75 Å². The van der Waals surface area contributed by atoms with Crippen molar-refractivity contribution in [2.45, 2.75) is 20.8 Å². The molecule has 0 saturated carbocycles. The molecule has 0 aliphatic rings. The van der Waals surface area contributed by atoms with Crippen LogP contribution in [0.5, 0.6) is 5.75 Å². The maximum atomic E-state index is 10.4. The van der Waals surface area contributed by atoms with Crippen molar-refractivity contribution < 1.29 is 9.67 Å². The number of rotatable bonds is 5. The molecular formula is C21H26N3O+. The molecule has 4 nitrogen and oxygen atoms in total. The molecule has 1 heterocycles. The maximum absolute atomic E-state index is 10.4. The number of imidazole rings is 1. The number of H-pyrrole nitrogens is 1. The number of aryl methyl sites for hydroxylation is 2. The third-order valence-corrected chi connectivity index (χ3v) is 4.70. The topological polar surface area (TPSA) is 43.1 Å². The lowest BCUT2D eigenvalue weighted by atomic mass is 10.1. The molecule has 2 N–H and O–H groups in total. The number of aromatic hydroxyl groups is 1. The number of benzene rings is 2. The molecule has 3 aromatic rings. The number of fused-ring (bicyclic) bond motifs is 1. The highest BCUT2D eigenvalue weighted by molar-refractivity contribution is 5.76. The van der Waals surface area contributed by atoms with Crippen molar-refractivity contribution in [3.05, 3.63) is 53.3 Å². The highest BCUT2D eigenvalue weighted by Gasteiger charge is 2.13. The summed E-state index contributed by atoms with van der Waals surface area (Å²) in [5.41, 5.74) is 5.37. The van der Waals surface area contributed by atoms with Gasteiger partial charge in [-0.05, 0) is 56.7 Å². The molecule has 0 atom stereocenters. The first-order chi connectivity index (χ1) is 12.0. The van der Waals surface area contributed by atoms with Gasteiger partial charge < -0.3 is 10.0 Å². The van der Waals surface area contributed by atoms with E-state index in [0.29, 0.717) is 5.75 Å². The molecule has 0 unspecified atom stereocenters. The minimum atomic E-state index is 0.301. The van der Waals surface area contributed by atoms with Crippen molar-refractivity contribution in [3.63, 3.8) is 0 Å². The number of hydrogen-bond acceptors (Lipinski definition) is 2. The molecule has 0 fully saturated rings. The lowest BCUT2D eigenvalue weighted by molar-refractivity contribution is -0.646. The number of nitrogens with zero attached hydrogens (tertiary/aromatic N) is 2. The van der Waals surface area contributed by atoms with Crippen LogP contribution in [0.4, 0.5) is 5.69 Å². The van der Waals surface area contributed by atoms with E-state index in [0.717, 1.165) is 35.7 Å². The number of phenolic OH excluding ortho intramolecular Hbond substituents is 1. The van der Waals surface area contributed by atoms with Crippen LogP contribution in [-0.4, -0.2) is 23.2 Å². The summed E-state index contributed by atoms with van der Waals surface area (Å²) in [4.78, 5) is 5.63. The van der Waals surface area contributed by atoms with Crippen molar-refractivity contribution in [1.82, 2.24) is 4.98 Å². The molecule has 0 radical (unpaired) electrons. The van der Waals surface area contributed by atoms with Crippen LogP contribution in [0.1, 0.15) is 30.8 Å². The minimum Gasteiger partial charge on any atom is -0.507 e. The molecule has 1 aromatic heterocycles. The minimum absolute atomic E-state index is 0.301. The quantitative estimate of drug-likeness (QED) is 0.691. The number of phenols is 1. The Balaban J connectivity index is 1.91. The van der Waals surface area contributed by atoms with E-state index in [9.17, 15) is 5.11 Å². The molecule has 130 valence electrons. The first kappa shape index (κ1) is 17.1. The zero-order valence-electron chi connectivity index (χ0n) is 15.4. The van der Waals surface area contributed by atoms with Gasteiger partial charge in [0.1, 0.15) is 5.75 Å². The van der Waals surface area contributed by atoms with Crippen LogP contribution >= 0.6 is 0 Å². The van der Waals surface area contributed by atoms with Crippen LogP contribution in [-0.2, 0) is 7.05 Å². The Kier molecular flexibility index (Phi) is 4.79. The maximum Gasteiger partial charge on any atom is 0.279 e. The third kappa shape index (κ3) is 3.38. The first-order valence-electron chi connectivity index (χ1n) is 8.78. The van der Waals surface area contributed by atoms with E-state index in [1.807, 2.05) is 31.3 Å². The smallest absolute Gasteiger partial charge is 0.279 e. The van der Waals surface area contributed by atoms with Crippen LogP contribution < -0.4 is 9.47 Å². The van der Waals surface area contributed by atoms with Gasteiger partial charge in [-0.2, -0.15) is 0 Å². The Morgan fingerprint density at radius 3 is 2.52 bits per heavy atom. The van der Waals surface area contributed by atoms with E-state index in [1.165, 1.54) is 11.1 Å². The second-order valence-electron chi connectivity index (χ2n) is 6.34. The summed E-state index contributed by atoms with van der Waals surface area (Å²) in [6.07, 6.45) is 3.94. The Labute approximate surface area is 149 Å². The van der Waals surface area contributed by atoms with Crippen LogP contribution in [0.15, 0.2) is 36.4 Å². The molecule has 0 aliphatic heterocycles.